The lowest BCUT2D eigenvalue weighted by molar-refractivity contribution is -0.157. The van der Waals surface area contributed by atoms with Crippen LogP contribution in [0.3, 0.4) is 0 Å². The van der Waals surface area contributed by atoms with Crippen molar-refractivity contribution in [2.24, 2.45) is 11.8 Å². The van der Waals surface area contributed by atoms with Gasteiger partial charge in [0.1, 0.15) is 6.10 Å². The molecule has 6 atom stereocenters. The maximum Gasteiger partial charge on any atom is 0.195 e. The molecule has 0 amide bonds. The normalized spacial score (nSPS) is 38.9. The first-order valence-electron chi connectivity index (χ1n) is 9.46. The Labute approximate surface area is 152 Å². The van der Waals surface area contributed by atoms with Gasteiger partial charge < -0.3 is 13.9 Å². The van der Waals surface area contributed by atoms with E-state index in [1.165, 1.54) is 0 Å². The van der Waals surface area contributed by atoms with Crippen molar-refractivity contribution in [2.75, 3.05) is 0 Å². The molecule has 1 fully saturated rings. The van der Waals surface area contributed by atoms with E-state index >= 15 is 0 Å². The summed E-state index contributed by atoms with van der Waals surface area (Å²) in [7, 11) is -1.96. The second-order valence-corrected chi connectivity index (χ2v) is 13.9. The van der Waals surface area contributed by atoms with E-state index in [1.807, 2.05) is 0 Å². The fraction of sp³-hybridized carbons (Fsp3) is 0.750. The predicted molar refractivity (Wildman–Crippen MR) is 101 cm³/mol. The van der Waals surface area contributed by atoms with E-state index in [-0.39, 0.29) is 28.9 Å². The fourth-order valence-corrected chi connectivity index (χ4v) is 4.85. The summed E-state index contributed by atoms with van der Waals surface area (Å²) >= 11 is 0. The molecule has 3 rings (SSSR count). The van der Waals surface area contributed by atoms with Gasteiger partial charge in [0, 0.05) is 5.92 Å². The number of rotatable bonds is 3. The number of ketones is 1. The summed E-state index contributed by atoms with van der Waals surface area (Å²) in [6.07, 6.45) is 8.95. The summed E-state index contributed by atoms with van der Waals surface area (Å²) in [5.41, 5.74) is 0. The van der Waals surface area contributed by atoms with Crippen molar-refractivity contribution in [3.05, 3.63) is 24.3 Å². The van der Waals surface area contributed by atoms with E-state index in [9.17, 15) is 4.79 Å². The molecule has 0 saturated carbocycles. The zero-order valence-corrected chi connectivity index (χ0v) is 17.3. The second kappa shape index (κ2) is 6.76. The largest absolute Gasteiger partial charge is 0.389 e. The molecule has 3 aliphatic rings. The molecule has 0 aromatic carbocycles. The molecule has 0 aromatic rings. The number of carbonyl (C=O) groups is 1. The molecule has 140 valence electrons. The van der Waals surface area contributed by atoms with Crippen LogP contribution in [0.5, 0.6) is 0 Å². The van der Waals surface area contributed by atoms with Crippen LogP contribution in [0, 0.1) is 11.8 Å². The molecular formula is C20H32O4Si. The van der Waals surface area contributed by atoms with Gasteiger partial charge in [-0.05, 0) is 49.0 Å². The van der Waals surface area contributed by atoms with Crippen molar-refractivity contribution in [3.63, 3.8) is 0 Å². The van der Waals surface area contributed by atoms with Crippen LogP contribution >= 0.6 is 0 Å². The number of hydrogen-bond acceptors (Lipinski definition) is 4. The predicted octanol–water partition coefficient (Wildman–Crippen LogP) is 4.23. The van der Waals surface area contributed by atoms with Gasteiger partial charge in [0.15, 0.2) is 20.4 Å². The molecule has 0 N–H and O–H groups in total. The smallest absolute Gasteiger partial charge is 0.195 e. The Morgan fingerprint density at radius 2 is 1.76 bits per heavy atom. The first kappa shape index (κ1) is 19.0. The monoisotopic (exact) mass is 364 g/mol. The third kappa shape index (κ3) is 3.70. The standard InChI is InChI=1S/C20H32O4Si/c1-13-15-9-7-8-10-16(22-15)18(13)19-14(21)11-12-17(23-19)24-25(5,6)20(2,3)4/h7-8,11-13,15-19H,9-10H2,1-6H3/t13-,15-,16+,17+,18-,19+/m1/s1. The van der Waals surface area contributed by atoms with Crippen LogP contribution in [-0.2, 0) is 18.7 Å². The zero-order valence-electron chi connectivity index (χ0n) is 16.3. The molecule has 1 saturated heterocycles. The maximum atomic E-state index is 12.6. The van der Waals surface area contributed by atoms with Gasteiger partial charge in [-0.25, -0.2) is 0 Å². The van der Waals surface area contributed by atoms with Crippen molar-refractivity contribution in [2.45, 2.75) is 83.3 Å². The fourth-order valence-electron chi connectivity index (χ4n) is 3.78. The molecule has 25 heavy (non-hydrogen) atoms. The third-order valence-electron chi connectivity index (χ3n) is 6.42. The zero-order chi connectivity index (χ0) is 18.4. The Bertz CT molecular complexity index is 575. The molecular weight excluding hydrogens is 332 g/mol. The number of ether oxygens (including phenoxy) is 2. The summed E-state index contributed by atoms with van der Waals surface area (Å²) in [5.74, 6) is 0.451. The van der Waals surface area contributed by atoms with E-state index in [0.717, 1.165) is 12.8 Å². The first-order valence-corrected chi connectivity index (χ1v) is 12.4. The van der Waals surface area contributed by atoms with Crippen molar-refractivity contribution in [3.8, 4) is 0 Å². The van der Waals surface area contributed by atoms with Crippen LogP contribution in [0.4, 0.5) is 0 Å². The molecule has 3 heterocycles. The average Bonchev–Trinajstić information content (AvgIpc) is 2.68. The number of hydrogen-bond donors (Lipinski definition) is 0. The van der Waals surface area contributed by atoms with Crippen molar-refractivity contribution >= 4 is 14.1 Å². The Hall–Kier alpha value is -0.753. The summed E-state index contributed by atoms with van der Waals surface area (Å²) in [4.78, 5) is 12.6. The highest BCUT2D eigenvalue weighted by Gasteiger charge is 2.50. The lowest BCUT2D eigenvalue weighted by Crippen LogP contribution is -2.49. The van der Waals surface area contributed by atoms with Gasteiger partial charge in [0.2, 0.25) is 0 Å². The molecule has 0 spiro atoms. The quantitative estimate of drug-likeness (QED) is 0.555. The second-order valence-electron chi connectivity index (χ2n) is 9.16. The van der Waals surface area contributed by atoms with Crippen LogP contribution in [0.15, 0.2) is 24.3 Å². The Morgan fingerprint density at radius 1 is 1.12 bits per heavy atom. The molecule has 0 aromatic heterocycles. The highest BCUT2D eigenvalue weighted by atomic mass is 28.4. The molecule has 5 heteroatoms. The molecule has 3 aliphatic heterocycles. The van der Waals surface area contributed by atoms with E-state index in [1.54, 1.807) is 12.2 Å². The number of fused-ring (bicyclic) bond motifs is 2. The highest BCUT2D eigenvalue weighted by Crippen LogP contribution is 2.43. The van der Waals surface area contributed by atoms with Crippen LogP contribution < -0.4 is 0 Å². The maximum absolute atomic E-state index is 12.6. The summed E-state index contributed by atoms with van der Waals surface area (Å²) in [6, 6.07) is 0. The SMILES string of the molecule is C[C@H]1[C@@H]([C@H]2O[C@@H](O[Si](C)(C)C(C)(C)C)C=CC2=O)[C@@H]2CC=CC[C@H]1O2. The Balaban J connectivity index is 1.76. The minimum Gasteiger partial charge on any atom is -0.389 e. The highest BCUT2D eigenvalue weighted by molar-refractivity contribution is 6.74. The van der Waals surface area contributed by atoms with Gasteiger partial charge in [-0.15, -0.1) is 0 Å². The van der Waals surface area contributed by atoms with E-state index in [0.29, 0.717) is 5.92 Å². The van der Waals surface area contributed by atoms with Crippen molar-refractivity contribution in [1.82, 2.24) is 0 Å². The minimum absolute atomic E-state index is 0.0470. The van der Waals surface area contributed by atoms with Gasteiger partial charge in [-0.3, -0.25) is 4.79 Å². The van der Waals surface area contributed by atoms with Crippen LogP contribution in [0.2, 0.25) is 18.1 Å². The lowest BCUT2D eigenvalue weighted by Gasteiger charge is -2.41. The number of carbonyl (C=O) groups excluding carboxylic acids is 1. The first-order chi connectivity index (χ1) is 11.6. The molecule has 4 nitrogen and oxygen atoms in total. The molecule has 0 radical (unpaired) electrons. The van der Waals surface area contributed by atoms with E-state index in [4.69, 9.17) is 13.9 Å². The summed E-state index contributed by atoms with van der Waals surface area (Å²) in [5, 5.41) is 0.101. The van der Waals surface area contributed by atoms with E-state index in [2.05, 4.69) is 52.9 Å². The lowest BCUT2D eigenvalue weighted by atomic mass is 9.79. The molecule has 0 unspecified atom stereocenters. The van der Waals surface area contributed by atoms with Gasteiger partial charge in [-0.2, -0.15) is 0 Å². The average molecular weight is 365 g/mol. The van der Waals surface area contributed by atoms with Gasteiger partial charge in [0.05, 0.1) is 12.2 Å². The summed E-state index contributed by atoms with van der Waals surface area (Å²) < 4.78 is 18.8. The van der Waals surface area contributed by atoms with Gasteiger partial charge in [0.25, 0.3) is 0 Å². The van der Waals surface area contributed by atoms with Gasteiger partial charge in [-0.1, -0.05) is 39.8 Å². The minimum atomic E-state index is -1.96. The topological polar surface area (TPSA) is 44.8 Å². The van der Waals surface area contributed by atoms with Crippen LogP contribution in [0.25, 0.3) is 0 Å². The molecule has 2 bridgehead atoms. The Morgan fingerprint density at radius 3 is 2.40 bits per heavy atom. The molecule has 0 aliphatic carbocycles. The van der Waals surface area contributed by atoms with Gasteiger partial charge >= 0.3 is 0 Å². The van der Waals surface area contributed by atoms with Crippen molar-refractivity contribution in [1.29, 1.82) is 0 Å². The van der Waals surface area contributed by atoms with E-state index < -0.39 is 20.7 Å². The summed E-state index contributed by atoms with van der Waals surface area (Å²) in [6.45, 7) is 13.2. The van der Waals surface area contributed by atoms with Crippen LogP contribution in [-0.4, -0.2) is 38.7 Å². The van der Waals surface area contributed by atoms with Crippen molar-refractivity contribution < 1.29 is 18.7 Å². The van der Waals surface area contributed by atoms with Crippen LogP contribution in [0.1, 0.15) is 40.5 Å². The third-order valence-corrected chi connectivity index (χ3v) is 10.9. The Kier molecular flexibility index (Phi) is 5.15.